The fraction of sp³-hybridized carbons (Fsp3) is 0.800. The van der Waals surface area contributed by atoms with Gasteiger partial charge in [-0.05, 0) is 6.42 Å². The lowest BCUT2D eigenvalue weighted by atomic mass is 10.4. The molecule has 1 N–H and O–H groups in total. The summed E-state index contributed by atoms with van der Waals surface area (Å²) in [5, 5.41) is 3.36. The van der Waals surface area contributed by atoms with Gasteiger partial charge in [0.05, 0.1) is 0 Å². The maximum Gasteiger partial charge on any atom is 0.303 e. The molecule has 0 aromatic rings. The summed E-state index contributed by atoms with van der Waals surface area (Å²) < 4.78 is 12.4. The quantitative estimate of drug-likeness (QED) is 0.552. The first-order valence-corrected chi connectivity index (χ1v) is 3.05. The van der Waals surface area contributed by atoms with Crippen molar-refractivity contribution in [1.29, 1.82) is 0 Å². The molecule has 0 radical (unpaired) electrons. The minimum atomic E-state index is -0.392. The normalized spacial score (nSPS) is 17.6. The number of rotatable bonds is 2. The minimum absolute atomic E-state index is 0.392. The fourth-order valence-electron chi connectivity index (χ4n) is 0.763. The Kier molecular flexibility index (Phi) is 1.87. The maximum absolute atomic E-state index is 12.4. The molecule has 9 heavy (non-hydrogen) atoms. The van der Waals surface area contributed by atoms with E-state index in [-0.39, 0.29) is 0 Å². The second-order valence-corrected chi connectivity index (χ2v) is 1.96. The molecule has 0 aliphatic carbocycles. The standard InChI is InChI=1S/C5H10FN3/c1-2-3-9-4-7-8-5(9)6/h7H,2-4H2,1H3. The van der Waals surface area contributed by atoms with Crippen LogP contribution in [-0.4, -0.2) is 24.2 Å². The van der Waals surface area contributed by atoms with Crippen molar-refractivity contribution in [3.63, 3.8) is 0 Å². The van der Waals surface area contributed by atoms with Gasteiger partial charge in [0.2, 0.25) is 0 Å². The largest absolute Gasteiger partial charge is 0.313 e. The average molecular weight is 131 g/mol. The lowest BCUT2D eigenvalue weighted by Gasteiger charge is -2.11. The molecule has 0 spiro atoms. The van der Waals surface area contributed by atoms with Gasteiger partial charge in [-0.25, -0.2) is 0 Å². The summed E-state index contributed by atoms with van der Waals surface area (Å²) in [7, 11) is 0. The Bertz CT molecular complexity index is 123. The summed E-state index contributed by atoms with van der Waals surface area (Å²) in [6, 6.07) is 0. The van der Waals surface area contributed by atoms with Crippen LogP contribution in [0.25, 0.3) is 0 Å². The predicted octanol–water partition coefficient (Wildman–Crippen LogP) is 0.500. The molecule has 1 rings (SSSR count). The van der Waals surface area contributed by atoms with E-state index in [2.05, 4.69) is 10.5 Å². The van der Waals surface area contributed by atoms with E-state index in [1.54, 1.807) is 4.90 Å². The van der Waals surface area contributed by atoms with Gasteiger partial charge in [0, 0.05) is 6.54 Å². The first-order chi connectivity index (χ1) is 4.34. The number of amidine groups is 1. The first-order valence-electron chi connectivity index (χ1n) is 3.05. The number of hydrogen-bond acceptors (Lipinski definition) is 3. The van der Waals surface area contributed by atoms with Crippen molar-refractivity contribution in [1.82, 2.24) is 10.3 Å². The SMILES string of the molecule is CCCN1CNN=C1F. The molecule has 0 saturated heterocycles. The molecule has 0 aromatic heterocycles. The van der Waals surface area contributed by atoms with E-state index >= 15 is 0 Å². The van der Waals surface area contributed by atoms with Gasteiger partial charge in [-0.1, -0.05) is 6.92 Å². The second-order valence-electron chi connectivity index (χ2n) is 1.96. The summed E-state index contributed by atoms with van der Waals surface area (Å²) in [6.07, 6.45) is 0.557. The maximum atomic E-state index is 12.4. The topological polar surface area (TPSA) is 27.6 Å². The Morgan fingerprint density at radius 1 is 1.89 bits per heavy atom. The van der Waals surface area contributed by atoms with Gasteiger partial charge >= 0.3 is 6.09 Å². The van der Waals surface area contributed by atoms with E-state index in [0.717, 1.165) is 13.0 Å². The molecule has 0 atom stereocenters. The van der Waals surface area contributed by atoms with Gasteiger partial charge in [-0.3, -0.25) is 5.43 Å². The number of nitrogens with one attached hydrogen (secondary N) is 1. The first kappa shape index (κ1) is 6.32. The van der Waals surface area contributed by atoms with Crippen molar-refractivity contribution in [2.24, 2.45) is 5.10 Å². The summed E-state index contributed by atoms with van der Waals surface area (Å²) in [4.78, 5) is 1.56. The van der Waals surface area contributed by atoms with Gasteiger partial charge in [-0.2, -0.15) is 4.39 Å². The second kappa shape index (κ2) is 2.66. The van der Waals surface area contributed by atoms with Crippen LogP contribution in [0.3, 0.4) is 0 Å². The third-order valence-corrected chi connectivity index (χ3v) is 1.19. The average Bonchev–Trinajstić information content (AvgIpc) is 2.18. The molecule has 0 fully saturated rings. The van der Waals surface area contributed by atoms with E-state index in [1.807, 2.05) is 6.92 Å². The van der Waals surface area contributed by atoms with Gasteiger partial charge in [0.15, 0.2) is 0 Å². The smallest absolute Gasteiger partial charge is 0.303 e. The monoisotopic (exact) mass is 131 g/mol. The number of hydrogen-bond donors (Lipinski definition) is 1. The fourth-order valence-corrected chi connectivity index (χ4v) is 0.763. The Balaban J connectivity index is 2.34. The lowest BCUT2D eigenvalue weighted by Crippen LogP contribution is -2.27. The van der Waals surface area contributed by atoms with E-state index in [0.29, 0.717) is 6.67 Å². The van der Waals surface area contributed by atoms with Gasteiger partial charge in [-0.15, -0.1) is 5.10 Å². The van der Waals surface area contributed by atoms with Crippen molar-refractivity contribution < 1.29 is 4.39 Å². The van der Waals surface area contributed by atoms with Crippen molar-refractivity contribution >= 4 is 6.09 Å². The Morgan fingerprint density at radius 2 is 2.67 bits per heavy atom. The van der Waals surface area contributed by atoms with Crippen LogP contribution in [0.15, 0.2) is 5.10 Å². The molecule has 0 bridgehead atoms. The number of hydrazone groups is 1. The number of halogens is 1. The molecule has 4 heteroatoms. The van der Waals surface area contributed by atoms with E-state index in [4.69, 9.17) is 0 Å². The van der Waals surface area contributed by atoms with E-state index < -0.39 is 6.09 Å². The van der Waals surface area contributed by atoms with Crippen LogP contribution in [-0.2, 0) is 0 Å². The molecule has 0 unspecified atom stereocenters. The van der Waals surface area contributed by atoms with Crippen LogP contribution in [0, 0.1) is 0 Å². The zero-order valence-electron chi connectivity index (χ0n) is 5.39. The third-order valence-electron chi connectivity index (χ3n) is 1.19. The molecule has 0 amide bonds. The molecule has 3 nitrogen and oxygen atoms in total. The highest BCUT2D eigenvalue weighted by atomic mass is 19.1. The minimum Gasteiger partial charge on any atom is -0.313 e. The zero-order valence-corrected chi connectivity index (χ0v) is 5.39. The molecule has 0 aromatic carbocycles. The van der Waals surface area contributed by atoms with Gasteiger partial charge < -0.3 is 4.90 Å². The summed E-state index contributed by atoms with van der Waals surface area (Å²) in [5.41, 5.74) is 2.55. The van der Waals surface area contributed by atoms with Crippen molar-refractivity contribution in [3.05, 3.63) is 0 Å². The third kappa shape index (κ3) is 1.31. The van der Waals surface area contributed by atoms with Crippen LogP contribution in [0.2, 0.25) is 0 Å². The van der Waals surface area contributed by atoms with Gasteiger partial charge in [0.1, 0.15) is 6.67 Å². The molecule has 0 saturated carbocycles. The Hall–Kier alpha value is -0.800. The molecule has 52 valence electrons. The van der Waals surface area contributed by atoms with Crippen LogP contribution in [0.1, 0.15) is 13.3 Å². The molecule has 1 aliphatic rings. The Morgan fingerprint density at radius 3 is 3.11 bits per heavy atom. The number of nitrogens with zero attached hydrogens (tertiary/aromatic N) is 2. The van der Waals surface area contributed by atoms with Crippen LogP contribution in [0.5, 0.6) is 0 Å². The highest BCUT2D eigenvalue weighted by Gasteiger charge is 2.13. The van der Waals surface area contributed by atoms with Gasteiger partial charge in [0.25, 0.3) is 0 Å². The van der Waals surface area contributed by atoms with Crippen LogP contribution in [0.4, 0.5) is 4.39 Å². The zero-order chi connectivity index (χ0) is 6.69. The Labute approximate surface area is 53.5 Å². The highest BCUT2D eigenvalue weighted by Crippen LogP contribution is 1.98. The van der Waals surface area contributed by atoms with Crippen molar-refractivity contribution in [2.75, 3.05) is 13.2 Å². The molecular formula is C5H10FN3. The summed E-state index contributed by atoms with van der Waals surface area (Å²) in [5.74, 6) is 0. The molecule has 1 aliphatic heterocycles. The molecule has 1 heterocycles. The molecular weight excluding hydrogens is 121 g/mol. The van der Waals surface area contributed by atoms with Crippen molar-refractivity contribution in [3.8, 4) is 0 Å². The van der Waals surface area contributed by atoms with E-state index in [1.165, 1.54) is 0 Å². The highest BCUT2D eigenvalue weighted by molar-refractivity contribution is 5.73. The van der Waals surface area contributed by atoms with Crippen LogP contribution >= 0.6 is 0 Å². The predicted molar refractivity (Wildman–Crippen MR) is 33.5 cm³/mol. The summed E-state index contributed by atoms with van der Waals surface area (Å²) in [6.45, 7) is 3.26. The lowest BCUT2D eigenvalue weighted by molar-refractivity contribution is 0.394. The van der Waals surface area contributed by atoms with Crippen molar-refractivity contribution in [2.45, 2.75) is 13.3 Å². The summed E-state index contributed by atoms with van der Waals surface area (Å²) >= 11 is 0. The van der Waals surface area contributed by atoms with Crippen LogP contribution < -0.4 is 5.43 Å². The van der Waals surface area contributed by atoms with E-state index in [9.17, 15) is 4.39 Å².